The molecule has 0 aliphatic carbocycles. The molecule has 0 aliphatic rings. The van der Waals surface area contributed by atoms with E-state index in [2.05, 4.69) is 14.9 Å². The fraction of sp³-hybridized carbons (Fsp3) is 0.438. The fourth-order valence-corrected chi connectivity index (χ4v) is 2.39. The molecule has 0 radical (unpaired) electrons. The Bertz CT molecular complexity index is 604. The second-order valence-corrected chi connectivity index (χ2v) is 5.50. The Morgan fingerprint density at radius 1 is 1.33 bits per heavy atom. The number of nitrogens with one attached hydrogen (secondary N) is 1. The zero-order valence-electron chi connectivity index (χ0n) is 13.2. The van der Waals surface area contributed by atoms with Gasteiger partial charge in [-0.05, 0) is 43.1 Å². The lowest BCUT2D eigenvalue weighted by Gasteiger charge is -2.13. The van der Waals surface area contributed by atoms with Crippen molar-refractivity contribution < 1.29 is 4.39 Å². The van der Waals surface area contributed by atoms with Crippen molar-refractivity contribution in [2.45, 2.75) is 19.9 Å². The SMILES string of the molecule is Cc1cc(F)ccc1CCNCc1cnc(N(C)C)n1C. The van der Waals surface area contributed by atoms with Gasteiger partial charge in [-0.3, -0.25) is 0 Å². The summed E-state index contributed by atoms with van der Waals surface area (Å²) in [6.45, 7) is 3.58. The molecule has 0 bridgehead atoms. The van der Waals surface area contributed by atoms with Gasteiger partial charge in [-0.25, -0.2) is 9.37 Å². The highest BCUT2D eigenvalue weighted by molar-refractivity contribution is 5.31. The van der Waals surface area contributed by atoms with E-state index in [0.717, 1.165) is 36.7 Å². The number of nitrogens with zero attached hydrogens (tertiary/aromatic N) is 3. The number of benzene rings is 1. The zero-order valence-corrected chi connectivity index (χ0v) is 13.2. The van der Waals surface area contributed by atoms with Gasteiger partial charge in [0, 0.05) is 27.7 Å². The molecule has 0 amide bonds. The Labute approximate surface area is 125 Å². The predicted octanol–water partition coefficient (Wildman–Crippen LogP) is 2.27. The maximum absolute atomic E-state index is 13.0. The minimum Gasteiger partial charge on any atom is -0.348 e. The van der Waals surface area contributed by atoms with Crippen LogP contribution in [-0.4, -0.2) is 30.2 Å². The smallest absolute Gasteiger partial charge is 0.204 e. The normalized spacial score (nSPS) is 10.9. The van der Waals surface area contributed by atoms with E-state index >= 15 is 0 Å². The molecular formula is C16H23FN4. The summed E-state index contributed by atoms with van der Waals surface area (Å²) < 4.78 is 15.1. The number of aromatic nitrogens is 2. The molecule has 4 nitrogen and oxygen atoms in total. The van der Waals surface area contributed by atoms with E-state index in [4.69, 9.17) is 0 Å². The summed E-state index contributed by atoms with van der Waals surface area (Å²) in [6.07, 6.45) is 2.79. The molecule has 1 heterocycles. The van der Waals surface area contributed by atoms with Crippen molar-refractivity contribution in [2.24, 2.45) is 7.05 Å². The van der Waals surface area contributed by atoms with Crippen LogP contribution >= 0.6 is 0 Å². The van der Waals surface area contributed by atoms with Crippen LogP contribution in [0.2, 0.25) is 0 Å². The third-order valence-corrected chi connectivity index (χ3v) is 3.64. The van der Waals surface area contributed by atoms with Crippen LogP contribution in [0.3, 0.4) is 0 Å². The second-order valence-electron chi connectivity index (χ2n) is 5.50. The standard InChI is InChI=1S/C16H23FN4/c1-12-9-14(17)6-5-13(12)7-8-18-10-15-11-19-16(20(2)3)21(15)4/h5-6,9,11,18H,7-8,10H2,1-4H3. The highest BCUT2D eigenvalue weighted by Gasteiger charge is 2.07. The Hall–Kier alpha value is -1.88. The Morgan fingerprint density at radius 2 is 2.10 bits per heavy atom. The molecule has 114 valence electrons. The topological polar surface area (TPSA) is 33.1 Å². The van der Waals surface area contributed by atoms with Gasteiger partial charge < -0.3 is 14.8 Å². The van der Waals surface area contributed by atoms with Crippen molar-refractivity contribution in [2.75, 3.05) is 25.5 Å². The highest BCUT2D eigenvalue weighted by atomic mass is 19.1. The second kappa shape index (κ2) is 6.72. The van der Waals surface area contributed by atoms with E-state index < -0.39 is 0 Å². The molecule has 0 unspecified atom stereocenters. The van der Waals surface area contributed by atoms with E-state index in [1.165, 1.54) is 11.6 Å². The van der Waals surface area contributed by atoms with Gasteiger partial charge in [-0.1, -0.05) is 6.07 Å². The first-order valence-corrected chi connectivity index (χ1v) is 7.12. The maximum Gasteiger partial charge on any atom is 0.204 e. The molecule has 1 aromatic carbocycles. The molecule has 0 saturated heterocycles. The van der Waals surface area contributed by atoms with Gasteiger partial charge in [0.25, 0.3) is 0 Å². The summed E-state index contributed by atoms with van der Waals surface area (Å²) in [5.74, 6) is 0.775. The van der Waals surface area contributed by atoms with E-state index in [1.54, 1.807) is 6.07 Å². The van der Waals surface area contributed by atoms with Gasteiger partial charge in [0.1, 0.15) is 5.82 Å². The fourth-order valence-electron chi connectivity index (χ4n) is 2.39. The van der Waals surface area contributed by atoms with Gasteiger partial charge in [-0.15, -0.1) is 0 Å². The summed E-state index contributed by atoms with van der Waals surface area (Å²) in [5, 5.41) is 3.41. The van der Waals surface area contributed by atoms with Gasteiger partial charge in [0.2, 0.25) is 5.95 Å². The Morgan fingerprint density at radius 3 is 2.71 bits per heavy atom. The van der Waals surface area contributed by atoms with Crippen molar-refractivity contribution in [1.29, 1.82) is 0 Å². The van der Waals surface area contributed by atoms with Gasteiger partial charge in [-0.2, -0.15) is 0 Å². The van der Waals surface area contributed by atoms with E-state index in [9.17, 15) is 4.39 Å². The average Bonchev–Trinajstić information content (AvgIpc) is 2.78. The van der Waals surface area contributed by atoms with E-state index in [-0.39, 0.29) is 5.82 Å². The number of imidazole rings is 1. The maximum atomic E-state index is 13.0. The number of aryl methyl sites for hydroxylation is 1. The molecule has 0 aliphatic heterocycles. The van der Waals surface area contributed by atoms with Crippen molar-refractivity contribution in [3.8, 4) is 0 Å². The molecule has 2 rings (SSSR count). The van der Waals surface area contributed by atoms with E-state index in [0.29, 0.717) is 0 Å². The third-order valence-electron chi connectivity index (χ3n) is 3.64. The number of halogens is 1. The van der Waals surface area contributed by atoms with Crippen LogP contribution in [0, 0.1) is 12.7 Å². The molecule has 1 aromatic heterocycles. The Balaban J connectivity index is 1.85. The largest absolute Gasteiger partial charge is 0.348 e. The number of hydrogen-bond donors (Lipinski definition) is 1. The summed E-state index contributed by atoms with van der Waals surface area (Å²) >= 11 is 0. The van der Waals surface area contributed by atoms with Crippen molar-refractivity contribution in [3.05, 3.63) is 47.0 Å². The first-order valence-electron chi connectivity index (χ1n) is 7.12. The van der Waals surface area contributed by atoms with Crippen LogP contribution in [-0.2, 0) is 20.0 Å². The third kappa shape index (κ3) is 3.82. The molecular weight excluding hydrogens is 267 g/mol. The minimum absolute atomic E-state index is 0.171. The number of hydrogen-bond acceptors (Lipinski definition) is 3. The van der Waals surface area contributed by atoms with E-state index in [1.807, 2.05) is 45.2 Å². The van der Waals surface area contributed by atoms with Crippen LogP contribution in [0.25, 0.3) is 0 Å². The zero-order chi connectivity index (χ0) is 15.4. The lowest BCUT2D eigenvalue weighted by Crippen LogP contribution is -2.20. The average molecular weight is 290 g/mol. The molecule has 0 saturated carbocycles. The minimum atomic E-state index is -0.171. The molecule has 0 fully saturated rings. The quantitative estimate of drug-likeness (QED) is 0.829. The van der Waals surface area contributed by atoms with Crippen molar-refractivity contribution >= 4 is 5.95 Å². The lowest BCUT2D eigenvalue weighted by molar-refractivity contribution is 0.623. The van der Waals surface area contributed by atoms with Crippen LogP contribution in [0.1, 0.15) is 16.8 Å². The summed E-state index contributed by atoms with van der Waals surface area (Å²) in [5.41, 5.74) is 3.34. The number of rotatable bonds is 6. The van der Waals surface area contributed by atoms with Crippen LogP contribution in [0.4, 0.5) is 10.3 Å². The Kier molecular flexibility index (Phi) is 4.96. The van der Waals surface area contributed by atoms with Crippen molar-refractivity contribution in [3.63, 3.8) is 0 Å². The molecule has 1 N–H and O–H groups in total. The lowest BCUT2D eigenvalue weighted by atomic mass is 10.1. The molecule has 21 heavy (non-hydrogen) atoms. The summed E-state index contributed by atoms with van der Waals surface area (Å²) in [7, 11) is 5.98. The highest BCUT2D eigenvalue weighted by Crippen LogP contribution is 2.12. The van der Waals surface area contributed by atoms with Gasteiger partial charge in [0.15, 0.2) is 0 Å². The van der Waals surface area contributed by atoms with Gasteiger partial charge in [0.05, 0.1) is 11.9 Å². The first kappa shape index (κ1) is 15.5. The van der Waals surface area contributed by atoms with Crippen molar-refractivity contribution in [1.82, 2.24) is 14.9 Å². The summed E-state index contributed by atoms with van der Waals surface area (Å²) in [4.78, 5) is 6.37. The molecule has 0 spiro atoms. The predicted molar refractivity (Wildman–Crippen MR) is 84.1 cm³/mol. The number of anilines is 1. The monoisotopic (exact) mass is 290 g/mol. The molecule has 2 aromatic rings. The molecule has 0 atom stereocenters. The van der Waals surface area contributed by atoms with Crippen LogP contribution in [0.5, 0.6) is 0 Å². The van der Waals surface area contributed by atoms with Gasteiger partial charge >= 0.3 is 0 Å². The first-order chi connectivity index (χ1) is 9.99. The molecule has 5 heteroatoms. The van der Waals surface area contributed by atoms with Crippen LogP contribution in [0.15, 0.2) is 24.4 Å². The van der Waals surface area contributed by atoms with Crippen LogP contribution < -0.4 is 10.2 Å². The summed E-state index contributed by atoms with van der Waals surface area (Å²) in [6, 6.07) is 4.97.